The van der Waals surface area contributed by atoms with Crippen LogP contribution in [0.1, 0.15) is 27.6 Å². The maximum Gasteiger partial charge on any atom is 0.339 e. The van der Waals surface area contributed by atoms with Crippen LogP contribution in [0.25, 0.3) is 0 Å². The Morgan fingerprint density at radius 3 is 1.85 bits per heavy atom. The molecule has 0 aliphatic carbocycles. The SMILES string of the molecule is Nc1ccc(OC(c2ccc(F)cc2)c2ccc(F)cc2)c(C(=O)O)c1. The third kappa shape index (κ3) is 3.80. The van der Waals surface area contributed by atoms with Crippen LogP contribution in [0.5, 0.6) is 5.75 Å². The molecule has 0 atom stereocenters. The van der Waals surface area contributed by atoms with Gasteiger partial charge in [0.1, 0.15) is 29.1 Å². The number of carboxylic acid groups (broad SMARTS) is 1. The van der Waals surface area contributed by atoms with Crippen LogP contribution in [0.4, 0.5) is 14.5 Å². The summed E-state index contributed by atoms with van der Waals surface area (Å²) < 4.78 is 32.5. The first-order valence-electron chi connectivity index (χ1n) is 7.74. The molecule has 3 N–H and O–H groups in total. The summed E-state index contributed by atoms with van der Waals surface area (Å²) in [5, 5.41) is 9.38. The fraction of sp³-hybridized carbons (Fsp3) is 0.0500. The van der Waals surface area contributed by atoms with Crippen molar-refractivity contribution in [2.75, 3.05) is 5.73 Å². The first-order chi connectivity index (χ1) is 12.4. The van der Waals surface area contributed by atoms with E-state index < -0.39 is 23.7 Å². The molecule has 3 aromatic carbocycles. The van der Waals surface area contributed by atoms with E-state index >= 15 is 0 Å². The second kappa shape index (κ2) is 7.23. The fourth-order valence-electron chi connectivity index (χ4n) is 2.55. The lowest BCUT2D eigenvalue weighted by atomic mass is 10.0. The Hall–Kier alpha value is -3.41. The molecule has 6 heteroatoms. The van der Waals surface area contributed by atoms with E-state index in [2.05, 4.69) is 0 Å². The van der Waals surface area contributed by atoms with Crippen molar-refractivity contribution in [2.45, 2.75) is 6.10 Å². The van der Waals surface area contributed by atoms with E-state index in [1.807, 2.05) is 0 Å². The highest BCUT2D eigenvalue weighted by Crippen LogP contribution is 2.32. The van der Waals surface area contributed by atoms with E-state index in [0.29, 0.717) is 11.1 Å². The van der Waals surface area contributed by atoms with E-state index in [4.69, 9.17) is 10.5 Å². The molecular formula is C20H15F2NO3. The Morgan fingerprint density at radius 1 is 0.885 bits per heavy atom. The molecule has 0 aliphatic heterocycles. The van der Waals surface area contributed by atoms with Crippen molar-refractivity contribution >= 4 is 11.7 Å². The van der Waals surface area contributed by atoms with Gasteiger partial charge in [0.2, 0.25) is 0 Å². The second-order valence-electron chi connectivity index (χ2n) is 5.66. The molecule has 3 aromatic rings. The van der Waals surface area contributed by atoms with Gasteiger partial charge in [-0.3, -0.25) is 0 Å². The highest BCUT2D eigenvalue weighted by Gasteiger charge is 2.20. The van der Waals surface area contributed by atoms with Crippen LogP contribution in [-0.4, -0.2) is 11.1 Å². The van der Waals surface area contributed by atoms with E-state index in [1.165, 1.54) is 66.7 Å². The molecule has 0 spiro atoms. The minimum Gasteiger partial charge on any atom is -0.480 e. The molecule has 0 unspecified atom stereocenters. The number of hydrogen-bond acceptors (Lipinski definition) is 3. The van der Waals surface area contributed by atoms with Gasteiger partial charge < -0.3 is 15.6 Å². The van der Waals surface area contributed by atoms with Crippen molar-refractivity contribution in [3.63, 3.8) is 0 Å². The van der Waals surface area contributed by atoms with Crippen molar-refractivity contribution in [2.24, 2.45) is 0 Å². The summed E-state index contributed by atoms with van der Waals surface area (Å²) in [5.74, 6) is -1.91. The van der Waals surface area contributed by atoms with Crippen LogP contribution < -0.4 is 10.5 Å². The van der Waals surface area contributed by atoms with Crippen LogP contribution in [0.3, 0.4) is 0 Å². The smallest absolute Gasteiger partial charge is 0.339 e. The average Bonchev–Trinajstić information content (AvgIpc) is 2.62. The number of benzene rings is 3. The third-order valence-corrected chi connectivity index (χ3v) is 3.82. The molecule has 0 bridgehead atoms. The minimum absolute atomic E-state index is 0.0979. The van der Waals surface area contributed by atoms with Crippen LogP contribution in [0, 0.1) is 11.6 Å². The number of ether oxygens (including phenoxy) is 1. The number of carbonyl (C=O) groups is 1. The highest BCUT2D eigenvalue weighted by atomic mass is 19.1. The largest absolute Gasteiger partial charge is 0.480 e. The quantitative estimate of drug-likeness (QED) is 0.665. The Labute approximate surface area is 148 Å². The highest BCUT2D eigenvalue weighted by molar-refractivity contribution is 5.92. The molecule has 0 radical (unpaired) electrons. The molecule has 0 saturated heterocycles. The summed E-state index contributed by atoms with van der Waals surface area (Å²) in [5.41, 5.74) is 7.02. The van der Waals surface area contributed by atoms with Gasteiger partial charge in [0, 0.05) is 5.69 Å². The van der Waals surface area contributed by atoms with Crippen LogP contribution >= 0.6 is 0 Å². The molecule has 0 saturated carbocycles. The molecule has 0 aromatic heterocycles. The average molecular weight is 355 g/mol. The maximum absolute atomic E-state index is 13.3. The number of nitrogen functional groups attached to an aromatic ring is 1. The van der Waals surface area contributed by atoms with Gasteiger partial charge in [-0.05, 0) is 53.6 Å². The zero-order valence-electron chi connectivity index (χ0n) is 13.5. The Bertz CT molecular complexity index is 879. The van der Waals surface area contributed by atoms with Gasteiger partial charge in [0.05, 0.1) is 0 Å². The molecule has 26 heavy (non-hydrogen) atoms. The molecule has 132 valence electrons. The first kappa shape index (κ1) is 17.4. The van der Waals surface area contributed by atoms with Crippen LogP contribution in [0.15, 0.2) is 66.7 Å². The zero-order valence-corrected chi connectivity index (χ0v) is 13.5. The Morgan fingerprint density at radius 2 is 1.38 bits per heavy atom. The van der Waals surface area contributed by atoms with E-state index in [0.717, 1.165) is 0 Å². The lowest BCUT2D eigenvalue weighted by Gasteiger charge is -2.21. The van der Waals surface area contributed by atoms with Crippen LogP contribution in [-0.2, 0) is 0 Å². The van der Waals surface area contributed by atoms with Gasteiger partial charge in [-0.1, -0.05) is 24.3 Å². The molecule has 0 fully saturated rings. The fourth-order valence-corrected chi connectivity index (χ4v) is 2.55. The topological polar surface area (TPSA) is 72.5 Å². The van der Waals surface area contributed by atoms with E-state index in [-0.39, 0.29) is 17.0 Å². The summed E-state index contributed by atoms with van der Waals surface area (Å²) in [6, 6.07) is 15.5. The molecular weight excluding hydrogens is 340 g/mol. The van der Waals surface area contributed by atoms with Gasteiger partial charge in [-0.25, -0.2) is 13.6 Å². The summed E-state index contributed by atoms with van der Waals surface area (Å²) >= 11 is 0. The van der Waals surface area contributed by atoms with Crippen LogP contribution in [0.2, 0.25) is 0 Å². The van der Waals surface area contributed by atoms with Crippen molar-refractivity contribution in [1.29, 1.82) is 0 Å². The van der Waals surface area contributed by atoms with Gasteiger partial charge in [0.25, 0.3) is 0 Å². The van der Waals surface area contributed by atoms with E-state index in [9.17, 15) is 18.7 Å². The first-order valence-corrected chi connectivity index (χ1v) is 7.74. The molecule has 0 heterocycles. The third-order valence-electron chi connectivity index (χ3n) is 3.82. The minimum atomic E-state index is -1.19. The van der Waals surface area contributed by atoms with Crippen molar-refractivity contribution in [1.82, 2.24) is 0 Å². The normalized spacial score (nSPS) is 10.7. The van der Waals surface area contributed by atoms with E-state index in [1.54, 1.807) is 0 Å². The molecule has 0 aliphatic rings. The predicted octanol–water partition coefficient (Wildman–Crippen LogP) is 4.41. The summed E-state index contributed by atoms with van der Waals surface area (Å²) in [6.07, 6.45) is -0.752. The lowest BCUT2D eigenvalue weighted by Crippen LogP contribution is -2.12. The summed E-state index contributed by atoms with van der Waals surface area (Å²) in [6.45, 7) is 0. The lowest BCUT2D eigenvalue weighted by molar-refractivity contribution is 0.0690. The van der Waals surface area contributed by atoms with Crippen molar-refractivity contribution in [3.8, 4) is 5.75 Å². The number of rotatable bonds is 5. The van der Waals surface area contributed by atoms with Gasteiger partial charge in [-0.15, -0.1) is 0 Å². The van der Waals surface area contributed by atoms with Gasteiger partial charge >= 0.3 is 5.97 Å². The maximum atomic E-state index is 13.3. The van der Waals surface area contributed by atoms with Gasteiger partial charge in [-0.2, -0.15) is 0 Å². The summed E-state index contributed by atoms with van der Waals surface area (Å²) in [4.78, 5) is 11.5. The standard InChI is InChI=1S/C20H15F2NO3/c21-14-5-1-12(2-6-14)19(13-3-7-15(22)8-4-13)26-18-10-9-16(23)11-17(18)20(24)25/h1-11,19H,23H2,(H,24,25). The van der Waals surface area contributed by atoms with Gasteiger partial charge in [0.15, 0.2) is 0 Å². The zero-order chi connectivity index (χ0) is 18.7. The number of aromatic carboxylic acids is 1. The Balaban J connectivity index is 2.05. The number of halogens is 2. The monoisotopic (exact) mass is 355 g/mol. The molecule has 0 amide bonds. The number of anilines is 1. The second-order valence-corrected chi connectivity index (χ2v) is 5.66. The molecule has 4 nitrogen and oxygen atoms in total. The molecule has 3 rings (SSSR count). The Kier molecular flexibility index (Phi) is 4.84. The summed E-state index contributed by atoms with van der Waals surface area (Å²) in [7, 11) is 0. The number of nitrogens with two attached hydrogens (primary N) is 1. The number of hydrogen-bond donors (Lipinski definition) is 2. The van der Waals surface area contributed by atoms with Crippen molar-refractivity contribution < 1.29 is 23.4 Å². The predicted molar refractivity (Wildman–Crippen MR) is 93.1 cm³/mol. The number of carboxylic acids is 1. The van der Waals surface area contributed by atoms with Crippen molar-refractivity contribution in [3.05, 3.63) is 95.1 Å².